The summed E-state index contributed by atoms with van der Waals surface area (Å²) in [6, 6.07) is 45.8. The Morgan fingerprint density at radius 2 is 1.19 bits per heavy atom. The first-order valence-electron chi connectivity index (χ1n) is 16.1. The van der Waals surface area contributed by atoms with Gasteiger partial charge in [0.1, 0.15) is 0 Å². The van der Waals surface area contributed by atoms with Crippen LogP contribution in [0.15, 0.2) is 140 Å². The van der Waals surface area contributed by atoms with Crippen molar-refractivity contribution in [1.82, 2.24) is 4.57 Å². The first kappa shape index (κ1) is 27.3. The number of fused-ring (bicyclic) bond motifs is 9. The lowest BCUT2D eigenvalue weighted by molar-refractivity contribution is -0.384. The molecule has 47 heavy (non-hydrogen) atoms. The van der Waals surface area contributed by atoms with E-state index in [-0.39, 0.29) is 10.6 Å². The van der Waals surface area contributed by atoms with Crippen LogP contribution in [0.1, 0.15) is 30.5 Å². The molecule has 0 fully saturated rings. The molecule has 0 saturated carbocycles. The maximum absolute atomic E-state index is 12.6. The number of aromatic nitrogens is 1. The quantitative estimate of drug-likeness (QED) is 0.114. The highest BCUT2D eigenvalue weighted by atomic mass is 16.6. The number of rotatable bonds is 4. The van der Waals surface area contributed by atoms with Gasteiger partial charge in [-0.05, 0) is 109 Å². The van der Waals surface area contributed by atoms with Gasteiger partial charge in [0.25, 0.3) is 5.69 Å². The molecule has 1 aliphatic carbocycles. The number of allylic oxidation sites excluding steroid dienone is 1. The molecule has 1 aromatic heterocycles. The third-order valence-electron chi connectivity index (χ3n) is 9.90. The Kier molecular flexibility index (Phi) is 6.12. The Labute approximate surface area is 272 Å². The van der Waals surface area contributed by atoms with Gasteiger partial charge >= 0.3 is 0 Å². The highest BCUT2D eigenvalue weighted by Crippen LogP contribution is 2.43. The maximum atomic E-state index is 12.6. The number of benzene rings is 7. The van der Waals surface area contributed by atoms with E-state index in [0.29, 0.717) is 11.5 Å². The van der Waals surface area contributed by atoms with Crippen LogP contribution >= 0.6 is 0 Å². The van der Waals surface area contributed by atoms with Crippen molar-refractivity contribution in [3.63, 3.8) is 0 Å². The third-order valence-corrected chi connectivity index (χ3v) is 9.90. The zero-order valence-corrected chi connectivity index (χ0v) is 25.9. The Morgan fingerprint density at radius 1 is 0.617 bits per heavy atom. The first-order chi connectivity index (χ1) is 23.1. The summed E-state index contributed by atoms with van der Waals surface area (Å²) in [7, 11) is 0. The average molecular weight is 607 g/mol. The molecule has 0 spiro atoms. The molecule has 4 heteroatoms. The standard InChI is InChI=1S/C43H30N2O2/c1-27-10-9-17-41-43(27)39-25-30(20-23-40(39)44(41)31-11-3-2-4-12-31)32-21-18-29(26-42(32)45(46)47)28-19-22-37-35-15-6-5-13-33(35)34-14-7-8-16-36(34)38(37)24-28/h2-9,11-27H,10H2,1H3. The zero-order valence-electron chi connectivity index (χ0n) is 25.9. The van der Waals surface area contributed by atoms with Crippen molar-refractivity contribution in [3.05, 3.63) is 161 Å². The van der Waals surface area contributed by atoms with E-state index >= 15 is 0 Å². The van der Waals surface area contributed by atoms with Crippen LogP contribution in [0.2, 0.25) is 0 Å². The van der Waals surface area contributed by atoms with Crippen molar-refractivity contribution in [2.24, 2.45) is 0 Å². The van der Waals surface area contributed by atoms with Crippen LogP contribution in [0.3, 0.4) is 0 Å². The van der Waals surface area contributed by atoms with Crippen molar-refractivity contribution in [3.8, 4) is 27.9 Å². The maximum Gasteiger partial charge on any atom is 0.277 e. The Bertz CT molecular complexity index is 2560. The molecule has 1 unspecified atom stereocenters. The van der Waals surface area contributed by atoms with Gasteiger partial charge in [-0.2, -0.15) is 0 Å². The topological polar surface area (TPSA) is 48.1 Å². The van der Waals surface area contributed by atoms with Crippen molar-refractivity contribution in [2.75, 3.05) is 0 Å². The van der Waals surface area contributed by atoms with E-state index in [2.05, 4.69) is 127 Å². The minimum atomic E-state index is -0.247. The summed E-state index contributed by atoms with van der Waals surface area (Å²) in [6.45, 7) is 2.26. The Hall–Kier alpha value is -6.00. The molecule has 7 aromatic carbocycles. The second-order valence-electron chi connectivity index (χ2n) is 12.6. The van der Waals surface area contributed by atoms with Crippen molar-refractivity contribution in [2.45, 2.75) is 19.3 Å². The lowest BCUT2D eigenvalue weighted by Crippen LogP contribution is -2.02. The Balaban J connectivity index is 1.21. The van der Waals surface area contributed by atoms with E-state index in [1.54, 1.807) is 6.07 Å². The summed E-state index contributed by atoms with van der Waals surface area (Å²) < 4.78 is 2.31. The molecule has 0 aliphatic heterocycles. The largest absolute Gasteiger partial charge is 0.310 e. The predicted octanol–water partition coefficient (Wildman–Crippen LogP) is 11.9. The second kappa shape index (κ2) is 10.5. The van der Waals surface area contributed by atoms with E-state index in [1.165, 1.54) is 38.2 Å². The zero-order chi connectivity index (χ0) is 31.6. The van der Waals surface area contributed by atoms with Gasteiger partial charge in [-0.3, -0.25) is 10.1 Å². The molecule has 8 aromatic rings. The molecule has 224 valence electrons. The highest BCUT2D eigenvalue weighted by Gasteiger charge is 2.25. The fourth-order valence-corrected chi connectivity index (χ4v) is 7.74. The molecule has 0 radical (unpaired) electrons. The molecule has 0 N–H and O–H groups in total. The molecule has 1 aliphatic rings. The van der Waals surface area contributed by atoms with Crippen LogP contribution in [0.4, 0.5) is 5.69 Å². The SMILES string of the molecule is CC1CC=Cc2c1c1cc(-c3ccc(-c4ccc5c6ccccc6c6ccccc6c5c4)cc3[N+](=O)[O-])ccc1n2-c1ccccc1. The van der Waals surface area contributed by atoms with E-state index in [9.17, 15) is 10.1 Å². The van der Waals surface area contributed by atoms with Gasteiger partial charge in [0.15, 0.2) is 0 Å². The third kappa shape index (κ3) is 4.22. The van der Waals surface area contributed by atoms with E-state index < -0.39 is 0 Å². The predicted molar refractivity (Wildman–Crippen MR) is 195 cm³/mol. The normalized spacial score (nSPS) is 14.3. The smallest absolute Gasteiger partial charge is 0.277 e. The fourth-order valence-electron chi connectivity index (χ4n) is 7.74. The number of hydrogen-bond donors (Lipinski definition) is 0. The van der Waals surface area contributed by atoms with Gasteiger partial charge in [0.2, 0.25) is 0 Å². The van der Waals surface area contributed by atoms with Gasteiger partial charge in [-0.15, -0.1) is 0 Å². The molecule has 0 bridgehead atoms. The monoisotopic (exact) mass is 606 g/mol. The van der Waals surface area contributed by atoms with E-state index in [4.69, 9.17) is 0 Å². The summed E-state index contributed by atoms with van der Waals surface area (Å²) in [5.41, 5.74) is 8.06. The van der Waals surface area contributed by atoms with Crippen molar-refractivity contribution in [1.29, 1.82) is 0 Å². The number of nitro benzene ring substituents is 1. The summed E-state index contributed by atoms with van der Waals surface area (Å²) in [5, 5.41) is 20.9. The number of nitrogens with zero attached hydrogens (tertiary/aromatic N) is 2. The fraction of sp³-hybridized carbons (Fsp3) is 0.0698. The van der Waals surface area contributed by atoms with E-state index in [0.717, 1.165) is 45.1 Å². The van der Waals surface area contributed by atoms with Gasteiger partial charge < -0.3 is 4.57 Å². The number of para-hydroxylation sites is 1. The lowest BCUT2D eigenvalue weighted by Gasteiger charge is -2.16. The average Bonchev–Trinajstić information content (AvgIpc) is 3.46. The molecule has 0 saturated heterocycles. The summed E-state index contributed by atoms with van der Waals surface area (Å²) >= 11 is 0. The van der Waals surface area contributed by atoms with Crippen LogP contribution in [-0.2, 0) is 0 Å². The Morgan fingerprint density at radius 3 is 1.89 bits per heavy atom. The molecule has 4 nitrogen and oxygen atoms in total. The van der Waals surface area contributed by atoms with Crippen LogP contribution in [-0.4, -0.2) is 9.49 Å². The molecular formula is C43H30N2O2. The van der Waals surface area contributed by atoms with E-state index in [1.807, 2.05) is 24.3 Å². The molecule has 9 rings (SSSR count). The minimum Gasteiger partial charge on any atom is -0.310 e. The summed E-state index contributed by atoms with van der Waals surface area (Å²) in [4.78, 5) is 12.4. The van der Waals surface area contributed by atoms with Crippen LogP contribution in [0.25, 0.3) is 77.2 Å². The molecule has 1 heterocycles. The number of nitro groups is 1. The van der Waals surface area contributed by atoms with Crippen molar-refractivity contribution >= 4 is 55.0 Å². The van der Waals surface area contributed by atoms with Gasteiger partial charge in [0.05, 0.1) is 16.0 Å². The van der Waals surface area contributed by atoms with Crippen molar-refractivity contribution < 1.29 is 4.92 Å². The van der Waals surface area contributed by atoms with Gasteiger partial charge in [-0.25, -0.2) is 0 Å². The molecule has 1 atom stereocenters. The second-order valence-corrected chi connectivity index (χ2v) is 12.6. The first-order valence-corrected chi connectivity index (χ1v) is 16.1. The van der Waals surface area contributed by atoms with Gasteiger partial charge in [0, 0.05) is 22.8 Å². The summed E-state index contributed by atoms with van der Waals surface area (Å²) in [5.74, 6) is 0.344. The van der Waals surface area contributed by atoms with Crippen LogP contribution < -0.4 is 0 Å². The number of hydrogen-bond acceptors (Lipinski definition) is 2. The summed E-state index contributed by atoms with van der Waals surface area (Å²) in [6.07, 6.45) is 5.43. The molecule has 0 amide bonds. The lowest BCUT2D eigenvalue weighted by atomic mass is 9.89. The highest BCUT2D eigenvalue weighted by molar-refractivity contribution is 6.25. The van der Waals surface area contributed by atoms with Crippen LogP contribution in [0, 0.1) is 10.1 Å². The van der Waals surface area contributed by atoms with Gasteiger partial charge in [-0.1, -0.05) is 104 Å². The molecular weight excluding hydrogens is 576 g/mol. The minimum absolute atomic E-state index is 0.106. The van der Waals surface area contributed by atoms with Crippen LogP contribution in [0.5, 0.6) is 0 Å².